The molecular formula is C37H32F7N9O2S2. The lowest BCUT2D eigenvalue weighted by Crippen LogP contribution is -2.66. The molecule has 4 aromatic heterocycles. The summed E-state index contributed by atoms with van der Waals surface area (Å²) in [4.78, 5) is 25.9. The van der Waals surface area contributed by atoms with Crippen LogP contribution in [0.25, 0.3) is 32.4 Å². The third-order valence-electron chi connectivity index (χ3n) is 10.6. The van der Waals surface area contributed by atoms with Crippen LogP contribution in [0.4, 0.5) is 41.7 Å². The maximum Gasteiger partial charge on any atom is 0.435 e. The molecule has 0 bridgehead atoms. The lowest BCUT2D eigenvalue weighted by atomic mass is 9.78. The van der Waals surface area contributed by atoms with Crippen molar-refractivity contribution >= 4 is 61.4 Å². The molecule has 6 aromatic rings. The molecule has 1 atom stereocenters. The van der Waals surface area contributed by atoms with Gasteiger partial charge in [0.1, 0.15) is 23.9 Å². The van der Waals surface area contributed by atoms with E-state index in [1.54, 1.807) is 11.7 Å². The number of nitrogens with zero attached hydrogens (tertiary/aromatic N) is 7. The maximum atomic E-state index is 15.0. The molecule has 9 rings (SSSR count). The number of rotatable bonds is 10. The average molecular weight is 832 g/mol. The van der Waals surface area contributed by atoms with Crippen LogP contribution < -0.4 is 14.9 Å². The minimum Gasteiger partial charge on any atom is -0.380 e. The summed E-state index contributed by atoms with van der Waals surface area (Å²) in [6.07, 6.45) is -4.85. The number of fused-ring (bicyclic) bond motifs is 3. The van der Waals surface area contributed by atoms with E-state index in [4.69, 9.17) is 14.7 Å². The number of carbonyl (C=O) groups excluding carboxylic acids is 1. The van der Waals surface area contributed by atoms with E-state index in [1.165, 1.54) is 23.3 Å². The summed E-state index contributed by atoms with van der Waals surface area (Å²) in [6, 6.07) is 9.07. The Morgan fingerprint density at radius 1 is 1.05 bits per heavy atom. The average Bonchev–Trinajstić information content (AvgIpc) is 3.84. The molecular weight excluding hydrogens is 800 g/mol. The number of carbonyl (C=O) groups is 1. The Kier molecular flexibility index (Phi) is 8.96. The largest absolute Gasteiger partial charge is 0.435 e. The summed E-state index contributed by atoms with van der Waals surface area (Å²) in [7, 11) is 1.76. The molecule has 2 saturated heterocycles. The smallest absolute Gasteiger partial charge is 0.380 e. The fourth-order valence-corrected chi connectivity index (χ4v) is 9.42. The fraction of sp³-hybridized carbons (Fsp3) is 0.378. The second kappa shape index (κ2) is 13.6. The summed E-state index contributed by atoms with van der Waals surface area (Å²) < 4.78 is 112. The number of ether oxygens (including phenoxy) is 1. The van der Waals surface area contributed by atoms with Crippen molar-refractivity contribution in [2.75, 3.05) is 42.2 Å². The Bertz CT molecular complexity index is 2560. The molecule has 298 valence electrons. The second-order valence-electron chi connectivity index (χ2n) is 14.7. The number of anilines is 2. The van der Waals surface area contributed by atoms with E-state index in [1.807, 2.05) is 30.5 Å². The van der Waals surface area contributed by atoms with E-state index in [9.17, 15) is 26.7 Å². The molecule has 0 saturated carbocycles. The number of benzene rings is 2. The number of hydrogen-bond acceptors (Lipinski definition) is 10. The van der Waals surface area contributed by atoms with E-state index in [2.05, 4.69) is 25.1 Å². The maximum absolute atomic E-state index is 15.0. The van der Waals surface area contributed by atoms with Crippen LogP contribution >= 0.6 is 23.3 Å². The first kappa shape index (κ1) is 37.6. The Labute approximate surface area is 327 Å². The zero-order chi connectivity index (χ0) is 40.0. The van der Waals surface area contributed by atoms with Crippen molar-refractivity contribution in [2.24, 2.45) is 12.5 Å². The number of alkyl halides is 5. The van der Waals surface area contributed by atoms with Gasteiger partial charge in [-0.2, -0.15) is 37.1 Å². The Balaban J connectivity index is 1.18. The number of amides is 1. The third-order valence-corrected chi connectivity index (χ3v) is 12.0. The summed E-state index contributed by atoms with van der Waals surface area (Å²) in [5.74, 6) is -5.81. The Hall–Kier alpha value is -4.95. The summed E-state index contributed by atoms with van der Waals surface area (Å²) in [5.41, 5.74) is -0.524. The predicted octanol–water partition coefficient (Wildman–Crippen LogP) is 7.40. The molecule has 11 nitrogen and oxygen atoms in total. The van der Waals surface area contributed by atoms with Gasteiger partial charge < -0.3 is 19.7 Å². The van der Waals surface area contributed by atoms with Crippen LogP contribution in [0.2, 0.25) is 0 Å². The molecule has 1 amide bonds. The molecule has 20 heteroatoms. The van der Waals surface area contributed by atoms with Crippen LogP contribution in [-0.4, -0.2) is 68.0 Å². The van der Waals surface area contributed by atoms with Gasteiger partial charge in [0.15, 0.2) is 22.3 Å². The number of aryl methyl sites for hydroxylation is 1. The number of hydrogen-bond donors (Lipinski definition) is 2. The quantitative estimate of drug-likeness (QED) is 0.108. The summed E-state index contributed by atoms with van der Waals surface area (Å²) >= 11 is 2.77. The molecule has 2 aromatic carbocycles. The summed E-state index contributed by atoms with van der Waals surface area (Å²) in [6.45, 7) is 1.84. The standard InChI is InChI=1S/C37H32F7N9O2S2/c1-51-29-21(4-3-5-22(29)32(49-51)50-56-2)24-12-26-33(47-34(57-26)52-14-35(15-52)16-55-17-35)46-28(24)25(10-18-8-19(38)11-20(39)9-18)45-27(54)13-53-31-23(6-7-36(31,40)41)30(48-53)37(42,43)44/h3-5,8-9,11-12,25H,6-7,10,13-17H2,1-2H3,(H,45,54)(H,49,50). The van der Waals surface area contributed by atoms with Crippen molar-refractivity contribution in [2.45, 2.75) is 43.9 Å². The molecule has 2 N–H and O–H groups in total. The number of halogens is 7. The zero-order valence-electron chi connectivity index (χ0n) is 30.2. The Morgan fingerprint density at radius 3 is 2.49 bits per heavy atom. The van der Waals surface area contributed by atoms with Gasteiger partial charge in [0.25, 0.3) is 5.92 Å². The number of nitrogens with one attached hydrogen (secondary N) is 2. The van der Waals surface area contributed by atoms with E-state index in [-0.39, 0.29) is 23.1 Å². The molecule has 2 fully saturated rings. The second-order valence-corrected chi connectivity index (χ2v) is 16.3. The molecule has 6 heterocycles. The van der Waals surface area contributed by atoms with Gasteiger partial charge in [0.2, 0.25) is 5.91 Å². The van der Waals surface area contributed by atoms with Crippen LogP contribution in [0.3, 0.4) is 0 Å². The van der Waals surface area contributed by atoms with Crippen LogP contribution in [-0.2, 0) is 48.1 Å². The predicted molar refractivity (Wildman–Crippen MR) is 200 cm³/mol. The van der Waals surface area contributed by atoms with Crippen molar-refractivity contribution in [3.8, 4) is 11.1 Å². The molecule has 3 aliphatic rings. The van der Waals surface area contributed by atoms with E-state index < -0.39 is 72.0 Å². The van der Waals surface area contributed by atoms with Crippen LogP contribution in [0.15, 0.2) is 42.5 Å². The van der Waals surface area contributed by atoms with Crippen LogP contribution in [0.1, 0.15) is 40.7 Å². The first-order valence-electron chi connectivity index (χ1n) is 17.8. The first-order chi connectivity index (χ1) is 27.1. The van der Waals surface area contributed by atoms with Crippen molar-refractivity contribution in [1.29, 1.82) is 0 Å². The number of pyridine rings is 1. The fourth-order valence-electron chi connectivity index (χ4n) is 8.13. The minimum atomic E-state index is -5.03. The van der Waals surface area contributed by atoms with Gasteiger partial charge in [-0.15, -0.1) is 0 Å². The monoisotopic (exact) mass is 831 g/mol. The topological polar surface area (TPSA) is 115 Å². The summed E-state index contributed by atoms with van der Waals surface area (Å²) in [5, 5.41) is 12.3. The lowest BCUT2D eigenvalue weighted by Gasteiger charge is -2.54. The van der Waals surface area contributed by atoms with E-state index in [0.717, 1.165) is 30.6 Å². The number of aromatic nitrogens is 6. The van der Waals surface area contributed by atoms with E-state index in [0.29, 0.717) is 61.9 Å². The molecule has 2 aliphatic heterocycles. The first-order valence-corrected chi connectivity index (χ1v) is 19.8. The van der Waals surface area contributed by atoms with Gasteiger partial charge in [-0.3, -0.25) is 14.2 Å². The molecule has 1 aliphatic carbocycles. The normalized spacial score (nSPS) is 17.5. The highest BCUT2D eigenvalue weighted by atomic mass is 32.2. The highest BCUT2D eigenvalue weighted by Gasteiger charge is 2.51. The van der Waals surface area contributed by atoms with Crippen molar-refractivity contribution < 1.29 is 40.3 Å². The van der Waals surface area contributed by atoms with Crippen LogP contribution in [0, 0.1) is 17.0 Å². The lowest BCUT2D eigenvalue weighted by molar-refractivity contribution is -0.142. The Morgan fingerprint density at radius 2 is 1.81 bits per heavy atom. The molecule has 0 radical (unpaired) electrons. The zero-order valence-corrected chi connectivity index (χ0v) is 31.8. The van der Waals surface area contributed by atoms with Gasteiger partial charge >= 0.3 is 6.18 Å². The van der Waals surface area contributed by atoms with Crippen molar-refractivity contribution in [3.05, 3.63) is 82.3 Å². The number of para-hydroxylation sites is 1. The molecule has 1 unspecified atom stereocenters. The number of thiazole rings is 1. The van der Waals surface area contributed by atoms with Gasteiger partial charge in [-0.1, -0.05) is 35.4 Å². The highest BCUT2D eigenvalue weighted by molar-refractivity contribution is 7.99. The third kappa shape index (κ3) is 6.64. The van der Waals surface area contributed by atoms with Gasteiger partial charge in [0, 0.05) is 61.0 Å². The van der Waals surface area contributed by atoms with Crippen LogP contribution in [0.5, 0.6) is 0 Å². The van der Waals surface area contributed by atoms with E-state index >= 15 is 8.78 Å². The SMILES string of the molecule is CSNc1nn(C)c2c(-c3cc4sc(N5CC6(COC6)C5)nc4nc3C(Cc3cc(F)cc(F)c3)NC(=O)Cn3nc(C(F)(F)F)c4c3C(F)(F)CC4)cccc12. The van der Waals surface area contributed by atoms with Crippen molar-refractivity contribution in [3.63, 3.8) is 0 Å². The highest BCUT2D eigenvalue weighted by Crippen LogP contribution is 2.47. The van der Waals surface area contributed by atoms with Crippen molar-refractivity contribution in [1.82, 2.24) is 34.8 Å². The molecule has 1 spiro atoms. The molecule has 57 heavy (non-hydrogen) atoms. The minimum absolute atomic E-state index is 0.0917. The van der Waals surface area contributed by atoms with Gasteiger partial charge in [0.05, 0.1) is 40.6 Å². The van der Waals surface area contributed by atoms with Gasteiger partial charge in [-0.25, -0.2) is 13.8 Å². The van der Waals surface area contributed by atoms with Gasteiger partial charge in [-0.05, 0) is 42.7 Å².